The largest absolute Gasteiger partial charge is 0.494 e. The van der Waals surface area contributed by atoms with Gasteiger partial charge in [0.05, 0.1) is 24.8 Å². The molecule has 4 rings (SSSR count). The Labute approximate surface area is 175 Å². The summed E-state index contributed by atoms with van der Waals surface area (Å²) in [5.74, 6) is 1.24. The quantitative estimate of drug-likeness (QED) is 0.669. The standard InChI is InChI=1S/C22H25N5O3/c1-3-28-14-5-6-15(17(11-14)29-4-2)20-19-18(13-7-9-25-10-8-13)16(12-23)21(24)30-22(19)27-26-20/h5-11,18-20,22,26-27H,3-4,24H2,1-2H3. The van der Waals surface area contributed by atoms with Crippen molar-refractivity contribution in [2.24, 2.45) is 11.7 Å². The van der Waals surface area contributed by atoms with Crippen LogP contribution in [0.2, 0.25) is 0 Å². The molecule has 0 amide bonds. The first kappa shape index (κ1) is 20.0. The summed E-state index contributed by atoms with van der Waals surface area (Å²) in [6.45, 7) is 4.99. The Kier molecular flexibility index (Phi) is 5.74. The zero-order valence-corrected chi connectivity index (χ0v) is 17.0. The van der Waals surface area contributed by atoms with Gasteiger partial charge in [-0.1, -0.05) is 6.07 Å². The summed E-state index contributed by atoms with van der Waals surface area (Å²) >= 11 is 0. The van der Waals surface area contributed by atoms with Crippen molar-refractivity contribution in [1.82, 2.24) is 15.8 Å². The molecule has 0 spiro atoms. The molecule has 8 heteroatoms. The van der Waals surface area contributed by atoms with Gasteiger partial charge in [-0.25, -0.2) is 10.9 Å². The van der Waals surface area contributed by atoms with E-state index < -0.39 is 6.23 Å². The molecule has 1 saturated heterocycles. The number of allylic oxidation sites excluding steroid dienone is 1. The van der Waals surface area contributed by atoms with E-state index in [0.717, 1.165) is 22.6 Å². The predicted molar refractivity (Wildman–Crippen MR) is 110 cm³/mol. The van der Waals surface area contributed by atoms with Gasteiger partial charge in [0.15, 0.2) is 6.23 Å². The number of pyridine rings is 1. The number of benzene rings is 1. The number of hydrogen-bond donors (Lipinski definition) is 3. The van der Waals surface area contributed by atoms with E-state index in [4.69, 9.17) is 19.9 Å². The molecule has 0 aliphatic carbocycles. The third-order valence-corrected chi connectivity index (χ3v) is 5.45. The van der Waals surface area contributed by atoms with Gasteiger partial charge < -0.3 is 19.9 Å². The smallest absolute Gasteiger partial charge is 0.200 e. The molecular formula is C22H25N5O3. The maximum atomic E-state index is 9.84. The minimum absolute atomic E-state index is 0.133. The van der Waals surface area contributed by atoms with E-state index >= 15 is 0 Å². The van der Waals surface area contributed by atoms with Gasteiger partial charge in [-0.2, -0.15) is 5.26 Å². The summed E-state index contributed by atoms with van der Waals surface area (Å²) in [7, 11) is 0. The molecule has 4 unspecified atom stereocenters. The van der Waals surface area contributed by atoms with Gasteiger partial charge in [0.1, 0.15) is 17.6 Å². The lowest BCUT2D eigenvalue weighted by Gasteiger charge is -2.36. The van der Waals surface area contributed by atoms with Crippen LogP contribution < -0.4 is 26.1 Å². The minimum Gasteiger partial charge on any atom is -0.494 e. The molecule has 0 bridgehead atoms. The second-order valence-corrected chi connectivity index (χ2v) is 7.10. The van der Waals surface area contributed by atoms with Crippen LogP contribution in [0.1, 0.15) is 36.9 Å². The molecule has 0 saturated carbocycles. The summed E-state index contributed by atoms with van der Waals surface area (Å²) in [4.78, 5) is 4.11. The Hall–Kier alpha value is -3.28. The van der Waals surface area contributed by atoms with E-state index in [1.807, 2.05) is 44.2 Å². The van der Waals surface area contributed by atoms with Gasteiger partial charge in [0.2, 0.25) is 5.88 Å². The Morgan fingerprint density at radius 1 is 1.13 bits per heavy atom. The number of nitrogens with two attached hydrogens (primary N) is 1. The highest BCUT2D eigenvalue weighted by Gasteiger charge is 2.49. The molecule has 2 aliphatic heterocycles. The van der Waals surface area contributed by atoms with Crippen molar-refractivity contribution in [3.8, 4) is 17.6 Å². The van der Waals surface area contributed by atoms with Crippen molar-refractivity contribution in [1.29, 1.82) is 5.26 Å². The third kappa shape index (κ3) is 3.54. The average Bonchev–Trinajstić information content (AvgIpc) is 3.17. The first-order valence-corrected chi connectivity index (χ1v) is 10.0. The fraction of sp³-hybridized carbons (Fsp3) is 0.364. The Balaban J connectivity index is 1.79. The number of fused-ring (bicyclic) bond motifs is 1. The number of hydrogen-bond acceptors (Lipinski definition) is 8. The lowest BCUT2D eigenvalue weighted by atomic mass is 9.74. The van der Waals surface area contributed by atoms with Gasteiger partial charge >= 0.3 is 0 Å². The normalized spacial score (nSPS) is 25.2. The van der Waals surface area contributed by atoms with Crippen molar-refractivity contribution < 1.29 is 14.2 Å². The summed E-state index contributed by atoms with van der Waals surface area (Å²) < 4.78 is 17.4. The second-order valence-electron chi connectivity index (χ2n) is 7.10. The van der Waals surface area contributed by atoms with E-state index in [0.29, 0.717) is 18.8 Å². The number of ether oxygens (including phenoxy) is 3. The number of nitriles is 1. The first-order valence-electron chi connectivity index (χ1n) is 10.0. The fourth-order valence-corrected chi connectivity index (χ4v) is 4.24. The highest BCUT2D eigenvalue weighted by Crippen LogP contribution is 2.49. The highest BCUT2D eigenvalue weighted by molar-refractivity contribution is 5.46. The first-order chi connectivity index (χ1) is 14.7. The molecular weight excluding hydrogens is 382 g/mol. The fourth-order valence-electron chi connectivity index (χ4n) is 4.24. The van der Waals surface area contributed by atoms with Gasteiger partial charge in [0.25, 0.3) is 0 Å². The number of nitrogens with zero attached hydrogens (tertiary/aromatic N) is 2. The van der Waals surface area contributed by atoms with Crippen molar-refractivity contribution >= 4 is 0 Å². The topological polar surface area (TPSA) is 114 Å². The molecule has 1 aromatic heterocycles. The van der Waals surface area contributed by atoms with Crippen molar-refractivity contribution in [2.45, 2.75) is 32.0 Å². The summed E-state index contributed by atoms with van der Waals surface area (Å²) in [5.41, 5.74) is 15.0. The molecule has 4 N–H and O–H groups in total. The van der Waals surface area contributed by atoms with Crippen LogP contribution in [0.25, 0.3) is 0 Å². The van der Waals surface area contributed by atoms with E-state index in [1.165, 1.54) is 0 Å². The van der Waals surface area contributed by atoms with Gasteiger partial charge in [-0.05, 0) is 37.6 Å². The van der Waals surface area contributed by atoms with Crippen LogP contribution in [-0.2, 0) is 4.74 Å². The van der Waals surface area contributed by atoms with Crippen molar-refractivity contribution in [3.63, 3.8) is 0 Å². The average molecular weight is 407 g/mol. The van der Waals surface area contributed by atoms with Crippen LogP contribution in [0.15, 0.2) is 54.2 Å². The molecule has 2 aliphatic rings. The molecule has 8 nitrogen and oxygen atoms in total. The van der Waals surface area contributed by atoms with Crippen molar-refractivity contribution in [2.75, 3.05) is 13.2 Å². The van der Waals surface area contributed by atoms with E-state index in [1.54, 1.807) is 12.4 Å². The van der Waals surface area contributed by atoms with Crippen molar-refractivity contribution in [3.05, 3.63) is 65.3 Å². The molecule has 1 fully saturated rings. The maximum absolute atomic E-state index is 9.84. The van der Waals surface area contributed by atoms with Gasteiger partial charge in [-0.3, -0.25) is 4.98 Å². The molecule has 30 heavy (non-hydrogen) atoms. The van der Waals surface area contributed by atoms with Crippen LogP contribution in [0.3, 0.4) is 0 Å². The highest BCUT2D eigenvalue weighted by atomic mass is 16.5. The molecule has 0 radical (unpaired) electrons. The number of nitrogens with one attached hydrogen (secondary N) is 2. The molecule has 1 aromatic carbocycles. The molecule has 3 heterocycles. The van der Waals surface area contributed by atoms with E-state index in [9.17, 15) is 5.26 Å². The molecule has 4 atom stereocenters. The third-order valence-electron chi connectivity index (χ3n) is 5.45. The number of aromatic nitrogens is 1. The maximum Gasteiger partial charge on any atom is 0.200 e. The van der Waals surface area contributed by atoms with Crippen LogP contribution in [0, 0.1) is 17.2 Å². The number of rotatable bonds is 6. The van der Waals surface area contributed by atoms with Crippen LogP contribution in [0.4, 0.5) is 0 Å². The Morgan fingerprint density at radius 3 is 2.60 bits per heavy atom. The lowest BCUT2D eigenvalue weighted by Crippen LogP contribution is -2.41. The predicted octanol–water partition coefficient (Wildman–Crippen LogP) is 2.48. The summed E-state index contributed by atoms with van der Waals surface area (Å²) in [6, 6.07) is 11.7. The minimum atomic E-state index is -0.397. The lowest BCUT2D eigenvalue weighted by molar-refractivity contribution is 0.0339. The van der Waals surface area contributed by atoms with E-state index in [2.05, 4.69) is 21.9 Å². The summed E-state index contributed by atoms with van der Waals surface area (Å²) in [5, 5.41) is 9.84. The molecule has 2 aromatic rings. The SMILES string of the molecule is CCOc1ccc(C2NNC3OC(N)=C(C#N)C(c4ccncc4)C32)c(OCC)c1. The van der Waals surface area contributed by atoms with Gasteiger partial charge in [0, 0.05) is 35.9 Å². The Bertz CT molecular complexity index is 972. The van der Waals surface area contributed by atoms with Crippen LogP contribution >= 0.6 is 0 Å². The zero-order chi connectivity index (χ0) is 21.1. The van der Waals surface area contributed by atoms with Crippen LogP contribution in [0.5, 0.6) is 11.5 Å². The summed E-state index contributed by atoms with van der Waals surface area (Å²) in [6.07, 6.45) is 3.04. The second kappa shape index (κ2) is 8.61. The zero-order valence-electron chi connectivity index (χ0n) is 17.0. The Morgan fingerprint density at radius 2 is 1.90 bits per heavy atom. The van der Waals surface area contributed by atoms with E-state index in [-0.39, 0.29) is 23.8 Å². The van der Waals surface area contributed by atoms with Crippen LogP contribution in [-0.4, -0.2) is 24.4 Å². The van der Waals surface area contributed by atoms with Gasteiger partial charge in [-0.15, -0.1) is 0 Å². The monoisotopic (exact) mass is 407 g/mol. The number of hydrazine groups is 1. The molecule has 156 valence electrons.